The summed E-state index contributed by atoms with van der Waals surface area (Å²) in [5, 5.41) is 18.7. The van der Waals surface area contributed by atoms with Crippen LogP contribution in [0.3, 0.4) is 0 Å². The maximum absolute atomic E-state index is 12.8. The van der Waals surface area contributed by atoms with Crippen LogP contribution in [-0.2, 0) is 16.6 Å². The molecule has 35 heavy (non-hydrogen) atoms. The Morgan fingerprint density at radius 2 is 1.63 bits per heavy atom. The van der Waals surface area contributed by atoms with Crippen LogP contribution in [0.2, 0.25) is 0 Å². The summed E-state index contributed by atoms with van der Waals surface area (Å²) >= 11 is 0. The van der Waals surface area contributed by atoms with Crippen LogP contribution in [0.4, 0.5) is 10.6 Å². The van der Waals surface area contributed by atoms with Gasteiger partial charge in [-0.2, -0.15) is 5.10 Å². The molecule has 0 fully saturated rings. The van der Waals surface area contributed by atoms with E-state index in [9.17, 15) is 19.5 Å². The zero-order chi connectivity index (χ0) is 25.3. The highest BCUT2D eigenvalue weighted by molar-refractivity contribution is 6.03. The van der Waals surface area contributed by atoms with Gasteiger partial charge in [0.15, 0.2) is 0 Å². The second-order valence-corrected chi connectivity index (χ2v) is 9.59. The zero-order valence-corrected chi connectivity index (χ0v) is 20.0. The van der Waals surface area contributed by atoms with Crippen molar-refractivity contribution in [1.29, 1.82) is 0 Å². The summed E-state index contributed by atoms with van der Waals surface area (Å²) in [4.78, 5) is 37.2. The number of ether oxygens (including phenoxy) is 1. The van der Waals surface area contributed by atoms with E-state index in [1.165, 1.54) is 10.9 Å². The quantitative estimate of drug-likeness (QED) is 0.494. The number of fused-ring (bicyclic) bond motifs is 3. The number of carbonyl (C=O) groups excluding carboxylic acids is 2. The topological polar surface area (TPSA) is 123 Å². The molecule has 3 N–H and O–H groups in total. The smallest absolute Gasteiger partial charge is 0.412 e. The van der Waals surface area contributed by atoms with Crippen molar-refractivity contribution in [2.75, 3.05) is 11.9 Å². The lowest BCUT2D eigenvalue weighted by atomic mass is 9.86. The molecule has 1 aliphatic rings. The first-order valence-corrected chi connectivity index (χ1v) is 11.3. The Kier molecular flexibility index (Phi) is 6.34. The van der Waals surface area contributed by atoms with Gasteiger partial charge in [-0.15, -0.1) is 0 Å². The van der Waals surface area contributed by atoms with Crippen molar-refractivity contribution in [3.63, 3.8) is 0 Å². The average Bonchev–Trinajstić information content (AvgIpc) is 3.33. The maximum Gasteiger partial charge on any atom is 0.412 e. The van der Waals surface area contributed by atoms with E-state index in [0.29, 0.717) is 0 Å². The van der Waals surface area contributed by atoms with Crippen LogP contribution < -0.4 is 10.6 Å². The molecule has 1 heterocycles. The number of rotatable bonds is 6. The van der Waals surface area contributed by atoms with Crippen molar-refractivity contribution >= 4 is 23.8 Å². The highest BCUT2D eigenvalue weighted by Gasteiger charge is 2.34. The van der Waals surface area contributed by atoms with Gasteiger partial charge in [0, 0.05) is 13.0 Å². The molecule has 3 aromatic rings. The predicted molar refractivity (Wildman–Crippen MR) is 130 cm³/mol. The number of carboxylic acid groups (broad SMARTS) is 1. The number of nitrogens with zero attached hydrogens (tertiary/aromatic N) is 2. The molecular formula is C26H28N4O5. The van der Waals surface area contributed by atoms with E-state index in [-0.39, 0.29) is 23.9 Å². The van der Waals surface area contributed by atoms with Crippen LogP contribution in [0, 0.1) is 5.41 Å². The van der Waals surface area contributed by atoms with Gasteiger partial charge >= 0.3 is 12.1 Å². The summed E-state index contributed by atoms with van der Waals surface area (Å²) in [5.74, 6) is -1.81. The molecule has 1 aliphatic carbocycles. The molecule has 0 bridgehead atoms. The van der Waals surface area contributed by atoms with Gasteiger partial charge in [-0.25, -0.2) is 9.59 Å². The molecule has 182 valence electrons. The number of aromatic nitrogens is 2. The summed E-state index contributed by atoms with van der Waals surface area (Å²) in [6, 6.07) is 14.9. The fourth-order valence-electron chi connectivity index (χ4n) is 4.34. The van der Waals surface area contributed by atoms with Crippen LogP contribution >= 0.6 is 0 Å². The first-order valence-electron chi connectivity index (χ1n) is 11.3. The van der Waals surface area contributed by atoms with Gasteiger partial charge in [-0.05, 0) is 27.7 Å². The molecule has 1 aromatic heterocycles. The molecule has 9 heteroatoms. The number of carboxylic acids is 1. The number of aryl methyl sites for hydroxylation is 1. The van der Waals surface area contributed by atoms with E-state index in [0.717, 1.165) is 22.3 Å². The van der Waals surface area contributed by atoms with Crippen molar-refractivity contribution in [2.24, 2.45) is 12.5 Å². The Morgan fingerprint density at radius 3 is 2.17 bits per heavy atom. The van der Waals surface area contributed by atoms with E-state index < -0.39 is 29.4 Å². The Morgan fingerprint density at radius 1 is 1.06 bits per heavy atom. The molecule has 0 radical (unpaired) electrons. The number of nitrogens with one attached hydrogen (secondary N) is 2. The van der Waals surface area contributed by atoms with Crippen molar-refractivity contribution in [3.05, 3.63) is 71.4 Å². The van der Waals surface area contributed by atoms with E-state index in [4.69, 9.17) is 4.74 Å². The van der Waals surface area contributed by atoms with E-state index in [1.54, 1.807) is 27.8 Å². The Bertz CT molecular complexity index is 1250. The highest BCUT2D eigenvalue weighted by Crippen LogP contribution is 2.44. The third kappa shape index (κ3) is 4.75. The molecule has 2 aromatic carbocycles. The highest BCUT2D eigenvalue weighted by atomic mass is 16.5. The minimum absolute atomic E-state index is 0.0384. The SMILES string of the molecule is Cn1ncc(C(=O)NC(C(=O)O)C(C)(C)C)c1NC(=O)OCC1c2ccccc2-c2ccccc21. The molecule has 2 amide bonds. The molecule has 9 nitrogen and oxygen atoms in total. The molecule has 0 saturated carbocycles. The zero-order valence-electron chi connectivity index (χ0n) is 20.0. The minimum Gasteiger partial charge on any atom is -0.480 e. The van der Waals surface area contributed by atoms with Crippen molar-refractivity contribution in [3.8, 4) is 11.1 Å². The standard InChI is InChI=1S/C26H28N4O5/c1-26(2,3)21(24(32)33)28-23(31)19-13-27-30(4)22(19)29-25(34)35-14-20-17-11-7-5-9-15(17)16-10-6-8-12-18(16)20/h5-13,20-21H,14H2,1-4H3,(H,28,31)(H,29,34)(H,32,33). The van der Waals surface area contributed by atoms with Crippen molar-refractivity contribution in [2.45, 2.75) is 32.7 Å². The van der Waals surface area contributed by atoms with Crippen molar-refractivity contribution < 1.29 is 24.2 Å². The lowest BCUT2D eigenvalue weighted by molar-refractivity contribution is -0.142. The van der Waals surface area contributed by atoms with Gasteiger partial charge in [0.25, 0.3) is 5.91 Å². The number of carbonyl (C=O) groups is 3. The lowest BCUT2D eigenvalue weighted by Gasteiger charge is -2.27. The number of hydrogen-bond donors (Lipinski definition) is 3. The summed E-state index contributed by atoms with van der Waals surface area (Å²) in [5.41, 5.74) is 3.73. The summed E-state index contributed by atoms with van der Waals surface area (Å²) in [6.45, 7) is 5.26. The average molecular weight is 477 g/mol. The molecule has 1 atom stereocenters. The third-order valence-corrected chi connectivity index (χ3v) is 6.14. The summed E-state index contributed by atoms with van der Waals surface area (Å²) < 4.78 is 6.88. The molecule has 0 aliphatic heterocycles. The Hall–Kier alpha value is -4.14. The second kappa shape index (κ2) is 9.25. The fourth-order valence-corrected chi connectivity index (χ4v) is 4.34. The fraction of sp³-hybridized carbons (Fsp3) is 0.308. The van der Waals surface area contributed by atoms with Gasteiger partial charge < -0.3 is 15.2 Å². The van der Waals surface area contributed by atoms with Crippen LogP contribution in [0.15, 0.2) is 54.7 Å². The van der Waals surface area contributed by atoms with Gasteiger partial charge in [0.05, 0.1) is 6.20 Å². The number of anilines is 1. The largest absolute Gasteiger partial charge is 0.480 e. The Labute approximate surface area is 203 Å². The van der Waals surface area contributed by atoms with Gasteiger partial charge in [0.1, 0.15) is 24.0 Å². The van der Waals surface area contributed by atoms with E-state index >= 15 is 0 Å². The molecule has 4 rings (SSSR count). The maximum atomic E-state index is 12.8. The number of amides is 2. The summed E-state index contributed by atoms with van der Waals surface area (Å²) in [7, 11) is 1.56. The minimum atomic E-state index is -1.15. The van der Waals surface area contributed by atoms with Crippen LogP contribution in [0.5, 0.6) is 0 Å². The van der Waals surface area contributed by atoms with E-state index in [2.05, 4.69) is 27.9 Å². The van der Waals surface area contributed by atoms with E-state index in [1.807, 2.05) is 36.4 Å². The number of benzene rings is 2. The first-order chi connectivity index (χ1) is 16.6. The van der Waals surface area contributed by atoms with Crippen molar-refractivity contribution in [1.82, 2.24) is 15.1 Å². The van der Waals surface area contributed by atoms with Gasteiger partial charge in [0.2, 0.25) is 0 Å². The third-order valence-electron chi connectivity index (χ3n) is 6.14. The predicted octanol–water partition coefficient (Wildman–Crippen LogP) is 4.01. The van der Waals surface area contributed by atoms with Gasteiger partial charge in [-0.1, -0.05) is 69.3 Å². The van der Waals surface area contributed by atoms with Crippen LogP contribution in [0.25, 0.3) is 11.1 Å². The Balaban J connectivity index is 1.47. The first kappa shape index (κ1) is 24.0. The van der Waals surface area contributed by atoms with Crippen LogP contribution in [0.1, 0.15) is 48.2 Å². The number of hydrogen-bond acceptors (Lipinski definition) is 5. The lowest BCUT2D eigenvalue weighted by Crippen LogP contribution is -2.49. The molecular weight excluding hydrogens is 448 g/mol. The molecule has 1 unspecified atom stereocenters. The normalized spacial score (nSPS) is 13.5. The second-order valence-electron chi connectivity index (χ2n) is 9.59. The molecule has 0 spiro atoms. The van der Waals surface area contributed by atoms with Gasteiger partial charge in [-0.3, -0.25) is 14.8 Å². The molecule has 0 saturated heterocycles. The monoisotopic (exact) mass is 476 g/mol. The van der Waals surface area contributed by atoms with Crippen LogP contribution in [-0.4, -0.2) is 45.5 Å². The summed E-state index contributed by atoms with van der Waals surface area (Å²) in [6.07, 6.45) is 0.533. The number of aliphatic carboxylic acids is 1.